The lowest BCUT2D eigenvalue weighted by molar-refractivity contribution is -0.122. The SMILES string of the molecule is NS(=O)(=O)c1ccc(NC(=O)CCN2C(=O)/C(=C/c3cccc(O)c3)SC2=S)cc1. The first-order valence-electron chi connectivity index (χ1n) is 8.60. The average molecular weight is 464 g/mol. The molecular formula is C19H17N3O5S3. The molecule has 1 fully saturated rings. The van der Waals surface area contributed by atoms with Gasteiger partial charge in [0.25, 0.3) is 5.91 Å². The smallest absolute Gasteiger partial charge is 0.266 e. The van der Waals surface area contributed by atoms with Gasteiger partial charge in [0, 0.05) is 18.7 Å². The lowest BCUT2D eigenvalue weighted by Gasteiger charge is -2.14. The van der Waals surface area contributed by atoms with E-state index < -0.39 is 10.0 Å². The number of thiocarbonyl (C=S) groups is 1. The minimum Gasteiger partial charge on any atom is -0.508 e. The van der Waals surface area contributed by atoms with Gasteiger partial charge in [0.1, 0.15) is 10.1 Å². The molecule has 0 atom stereocenters. The number of primary sulfonamides is 1. The van der Waals surface area contributed by atoms with Crippen molar-refractivity contribution in [2.45, 2.75) is 11.3 Å². The number of hydrogen-bond donors (Lipinski definition) is 3. The maximum absolute atomic E-state index is 12.6. The van der Waals surface area contributed by atoms with Crippen LogP contribution in [0.4, 0.5) is 5.69 Å². The number of anilines is 1. The number of carbonyl (C=O) groups is 2. The number of rotatable bonds is 6. The number of hydrogen-bond acceptors (Lipinski definition) is 7. The molecule has 2 aromatic rings. The van der Waals surface area contributed by atoms with Crippen LogP contribution in [0.5, 0.6) is 5.75 Å². The van der Waals surface area contributed by atoms with Crippen LogP contribution < -0.4 is 10.5 Å². The van der Waals surface area contributed by atoms with Crippen molar-refractivity contribution in [2.75, 3.05) is 11.9 Å². The fourth-order valence-electron chi connectivity index (χ4n) is 2.62. The second-order valence-electron chi connectivity index (χ2n) is 6.30. The predicted molar refractivity (Wildman–Crippen MR) is 119 cm³/mol. The highest BCUT2D eigenvalue weighted by Gasteiger charge is 2.32. The van der Waals surface area contributed by atoms with E-state index in [-0.39, 0.29) is 35.4 Å². The van der Waals surface area contributed by atoms with Crippen LogP contribution in [0.1, 0.15) is 12.0 Å². The van der Waals surface area contributed by atoms with Gasteiger partial charge in [-0.15, -0.1) is 0 Å². The van der Waals surface area contributed by atoms with E-state index in [1.807, 2.05) is 0 Å². The van der Waals surface area contributed by atoms with Crippen molar-refractivity contribution in [3.63, 3.8) is 0 Å². The van der Waals surface area contributed by atoms with Crippen molar-refractivity contribution < 1.29 is 23.1 Å². The molecule has 0 unspecified atom stereocenters. The van der Waals surface area contributed by atoms with E-state index in [1.54, 1.807) is 18.2 Å². The van der Waals surface area contributed by atoms with Gasteiger partial charge in [-0.3, -0.25) is 14.5 Å². The number of amides is 2. The average Bonchev–Trinajstić information content (AvgIpc) is 2.93. The number of benzene rings is 2. The largest absolute Gasteiger partial charge is 0.508 e. The molecule has 0 saturated carbocycles. The molecule has 1 aliphatic heterocycles. The van der Waals surface area contributed by atoms with E-state index in [0.29, 0.717) is 20.5 Å². The van der Waals surface area contributed by atoms with Gasteiger partial charge < -0.3 is 10.4 Å². The number of nitrogens with two attached hydrogens (primary N) is 1. The van der Waals surface area contributed by atoms with Gasteiger partial charge in [-0.05, 0) is 48.0 Å². The zero-order chi connectivity index (χ0) is 21.9. The summed E-state index contributed by atoms with van der Waals surface area (Å²) in [5, 5.41) is 17.2. The van der Waals surface area contributed by atoms with Gasteiger partial charge in [-0.2, -0.15) is 0 Å². The molecule has 1 saturated heterocycles. The predicted octanol–water partition coefficient (Wildman–Crippen LogP) is 2.27. The zero-order valence-electron chi connectivity index (χ0n) is 15.4. The van der Waals surface area contributed by atoms with Crippen LogP contribution in [0.2, 0.25) is 0 Å². The van der Waals surface area contributed by atoms with E-state index in [4.69, 9.17) is 17.4 Å². The van der Waals surface area contributed by atoms with Crippen LogP contribution in [-0.2, 0) is 19.6 Å². The van der Waals surface area contributed by atoms with Crippen LogP contribution in [0.3, 0.4) is 0 Å². The fourth-order valence-corrected chi connectivity index (χ4v) is 4.45. The van der Waals surface area contributed by atoms with Gasteiger partial charge in [0.15, 0.2) is 0 Å². The minimum absolute atomic E-state index is 0.00276. The summed E-state index contributed by atoms with van der Waals surface area (Å²) < 4.78 is 22.9. The van der Waals surface area contributed by atoms with E-state index in [2.05, 4.69) is 5.32 Å². The first kappa shape index (κ1) is 22.0. The number of phenolic OH excluding ortho intramolecular Hbond substituents is 1. The Kier molecular flexibility index (Phi) is 6.56. The number of nitrogens with one attached hydrogen (secondary N) is 1. The Bertz CT molecular complexity index is 1140. The summed E-state index contributed by atoms with van der Waals surface area (Å²) in [6, 6.07) is 11.9. The summed E-state index contributed by atoms with van der Waals surface area (Å²) in [5.74, 6) is -0.573. The van der Waals surface area contributed by atoms with Gasteiger partial charge in [-0.1, -0.05) is 36.1 Å². The molecule has 2 amide bonds. The standard InChI is InChI=1S/C19H17N3O5S3/c20-30(26,27)15-6-4-13(5-7-15)21-17(24)8-9-22-18(25)16(29-19(22)28)11-12-2-1-3-14(23)10-12/h1-7,10-11,23H,8-9H2,(H,21,24)(H2,20,26,27)/b16-11-. The Morgan fingerprint density at radius 2 is 1.93 bits per heavy atom. The van der Waals surface area contributed by atoms with Gasteiger partial charge in [0.05, 0.1) is 9.80 Å². The summed E-state index contributed by atoms with van der Waals surface area (Å²) >= 11 is 6.37. The molecule has 0 spiro atoms. The highest BCUT2D eigenvalue weighted by Crippen LogP contribution is 2.33. The topological polar surface area (TPSA) is 130 Å². The Hall–Kier alpha value is -2.73. The molecule has 0 bridgehead atoms. The summed E-state index contributed by atoms with van der Waals surface area (Å²) in [6.45, 7) is 0.100. The van der Waals surface area contributed by atoms with Crippen molar-refractivity contribution in [2.24, 2.45) is 5.14 Å². The van der Waals surface area contributed by atoms with Crippen LogP contribution >= 0.6 is 24.0 Å². The maximum atomic E-state index is 12.6. The molecule has 1 heterocycles. The molecule has 0 aromatic heterocycles. The van der Waals surface area contributed by atoms with Crippen LogP contribution in [0, 0.1) is 0 Å². The number of aromatic hydroxyl groups is 1. The molecule has 11 heteroatoms. The van der Waals surface area contributed by atoms with Crippen molar-refractivity contribution in [1.29, 1.82) is 0 Å². The highest BCUT2D eigenvalue weighted by atomic mass is 32.2. The number of thioether (sulfide) groups is 1. The quantitative estimate of drug-likeness (QED) is 0.443. The molecule has 30 heavy (non-hydrogen) atoms. The molecular weight excluding hydrogens is 446 g/mol. The Balaban J connectivity index is 1.59. The number of sulfonamides is 1. The second-order valence-corrected chi connectivity index (χ2v) is 9.53. The first-order valence-corrected chi connectivity index (χ1v) is 11.4. The summed E-state index contributed by atoms with van der Waals surface area (Å²) in [6.07, 6.45) is 1.63. The summed E-state index contributed by atoms with van der Waals surface area (Å²) in [7, 11) is -3.80. The molecule has 1 aliphatic rings. The van der Waals surface area contributed by atoms with Crippen LogP contribution in [0.15, 0.2) is 58.3 Å². The second kappa shape index (κ2) is 8.96. The van der Waals surface area contributed by atoms with Crippen molar-refractivity contribution in [3.05, 3.63) is 59.0 Å². The number of carbonyl (C=O) groups excluding carboxylic acids is 2. The lowest BCUT2D eigenvalue weighted by Crippen LogP contribution is -2.31. The fraction of sp³-hybridized carbons (Fsp3) is 0.105. The van der Waals surface area contributed by atoms with Crippen molar-refractivity contribution in [3.8, 4) is 5.75 Å². The maximum Gasteiger partial charge on any atom is 0.266 e. The summed E-state index contributed by atoms with van der Waals surface area (Å²) in [5.41, 5.74) is 1.07. The number of nitrogens with zero attached hydrogens (tertiary/aromatic N) is 1. The van der Waals surface area contributed by atoms with Crippen molar-refractivity contribution >= 4 is 61.9 Å². The van der Waals surface area contributed by atoms with Crippen LogP contribution in [0.25, 0.3) is 6.08 Å². The summed E-state index contributed by atoms with van der Waals surface area (Å²) in [4.78, 5) is 26.5. The third kappa shape index (κ3) is 5.45. The lowest BCUT2D eigenvalue weighted by atomic mass is 10.2. The third-order valence-corrected chi connectivity index (χ3v) is 6.38. The Labute approximate surface area is 182 Å². The molecule has 2 aromatic carbocycles. The van der Waals surface area contributed by atoms with E-state index in [1.165, 1.54) is 41.3 Å². The minimum atomic E-state index is -3.80. The number of phenols is 1. The Morgan fingerprint density at radius 1 is 1.23 bits per heavy atom. The van der Waals surface area contributed by atoms with Gasteiger partial charge in [-0.25, -0.2) is 13.6 Å². The van der Waals surface area contributed by atoms with Gasteiger partial charge >= 0.3 is 0 Å². The van der Waals surface area contributed by atoms with Crippen molar-refractivity contribution in [1.82, 2.24) is 4.90 Å². The van der Waals surface area contributed by atoms with E-state index in [0.717, 1.165) is 11.8 Å². The molecule has 8 nitrogen and oxygen atoms in total. The molecule has 3 rings (SSSR count). The monoisotopic (exact) mass is 463 g/mol. The highest BCUT2D eigenvalue weighted by molar-refractivity contribution is 8.26. The normalized spacial score (nSPS) is 15.6. The van der Waals surface area contributed by atoms with E-state index in [9.17, 15) is 23.1 Å². The first-order chi connectivity index (χ1) is 14.1. The molecule has 0 radical (unpaired) electrons. The molecule has 4 N–H and O–H groups in total. The molecule has 156 valence electrons. The van der Waals surface area contributed by atoms with E-state index >= 15 is 0 Å². The zero-order valence-corrected chi connectivity index (χ0v) is 17.9. The van der Waals surface area contributed by atoms with Gasteiger partial charge in [0.2, 0.25) is 15.9 Å². The van der Waals surface area contributed by atoms with Crippen LogP contribution in [-0.4, -0.2) is 41.1 Å². The Morgan fingerprint density at radius 3 is 2.57 bits per heavy atom. The third-order valence-electron chi connectivity index (χ3n) is 4.07. The molecule has 0 aliphatic carbocycles.